The van der Waals surface area contributed by atoms with Gasteiger partial charge in [0.05, 0.1) is 0 Å². The molecule has 1 amide bonds. The van der Waals surface area contributed by atoms with Gasteiger partial charge in [0.2, 0.25) is 0 Å². The van der Waals surface area contributed by atoms with Gasteiger partial charge in [-0.3, -0.25) is 14.7 Å². The molecule has 4 aromatic rings. The first-order chi connectivity index (χ1) is 12.3. The van der Waals surface area contributed by atoms with Gasteiger partial charge in [0.25, 0.3) is 11.5 Å². The highest BCUT2D eigenvalue weighted by molar-refractivity contribution is 6.05. The van der Waals surface area contributed by atoms with Crippen LogP contribution in [-0.4, -0.2) is 25.5 Å². The molecule has 7 heteroatoms. The predicted octanol–water partition coefficient (Wildman–Crippen LogP) is 3.05. The summed E-state index contributed by atoms with van der Waals surface area (Å²) in [7, 11) is 0. The van der Waals surface area contributed by atoms with Gasteiger partial charge in [-0.25, -0.2) is 9.50 Å². The van der Waals surface area contributed by atoms with Crippen LogP contribution < -0.4 is 10.9 Å². The Kier molecular flexibility index (Phi) is 3.47. The fourth-order valence-corrected chi connectivity index (χ4v) is 3.07. The number of carbonyl (C=O) groups is 1. The highest BCUT2D eigenvalue weighted by Crippen LogP contribution is 2.33. The van der Waals surface area contributed by atoms with E-state index in [-0.39, 0.29) is 11.0 Å². The average molecular weight is 349 g/mol. The molecular formula is C19H19N5O2. The van der Waals surface area contributed by atoms with Crippen LogP contribution in [-0.2, 0) is 5.41 Å². The number of anilines is 1. The molecule has 3 aromatic heterocycles. The number of nitrogens with one attached hydrogen (secondary N) is 3. The lowest BCUT2D eigenvalue weighted by Crippen LogP contribution is -2.27. The topological polar surface area (TPSA) is 95.0 Å². The molecule has 0 aliphatic rings. The number of carbonyl (C=O) groups excluding carboxylic acids is 1. The number of fused-ring (bicyclic) bond motifs is 2. The summed E-state index contributed by atoms with van der Waals surface area (Å²) in [4.78, 5) is 32.6. The van der Waals surface area contributed by atoms with E-state index in [9.17, 15) is 9.59 Å². The van der Waals surface area contributed by atoms with E-state index >= 15 is 0 Å². The van der Waals surface area contributed by atoms with Gasteiger partial charge < -0.3 is 10.3 Å². The van der Waals surface area contributed by atoms with E-state index in [1.165, 1.54) is 10.7 Å². The molecular weight excluding hydrogens is 330 g/mol. The van der Waals surface area contributed by atoms with Crippen molar-refractivity contribution in [1.29, 1.82) is 0 Å². The van der Waals surface area contributed by atoms with Crippen molar-refractivity contribution in [2.24, 2.45) is 0 Å². The molecule has 0 spiro atoms. The first-order valence-corrected chi connectivity index (χ1v) is 8.33. The van der Waals surface area contributed by atoms with Crippen molar-refractivity contribution in [3.8, 4) is 0 Å². The van der Waals surface area contributed by atoms with Crippen molar-refractivity contribution in [3.05, 3.63) is 64.3 Å². The second kappa shape index (κ2) is 5.59. The molecule has 7 nitrogen and oxygen atoms in total. The lowest BCUT2D eigenvalue weighted by molar-refractivity contribution is 0.102. The van der Waals surface area contributed by atoms with Crippen molar-refractivity contribution in [2.45, 2.75) is 26.2 Å². The van der Waals surface area contributed by atoms with Crippen LogP contribution in [0.25, 0.3) is 16.6 Å². The maximum atomic E-state index is 12.8. The third kappa shape index (κ3) is 2.57. The molecule has 3 heterocycles. The summed E-state index contributed by atoms with van der Waals surface area (Å²) in [6.07, 6.45) is 4.77. The lowest BCUT2D eigenvalue weighted by atomic mass is 9.85. The molecule has 0 atom stereocenters. The number of rotatable bonds is 2. The van der Waals surface area contributed by atoms with E-state index in [0.29, 0.717) is 11.3 Å². The first kappa shape index (κ1) is 16.1. The number of benzene rings is 1. The standard InChI is InChI=1S/C19H19N5O2/c1-19(2,3)13-8-11-4-6-20-14(11)9-15(13)23-17(25)12-10-21-16-5-7-22-24(16)18(12)26/h4-10,20,22H,1-3H3,(H,23,25). The summed E-state index contributed by atoms with van der Waals surface area (Å²) >= 11 is 0. The smallest absolute Gasteiger partial charge is 0.285 e. The number of amides is 1. The van der Waals surface area contributed by atoms with Crippen molar-refractivity contribution >= 4 is 28.1 Å². The molecule has 0 aliphatic heterocycles. The summed E-state index contributed by atoms with van der Waals surface area (Å²) in [6.45, 7) is 6.24. The minimum Gasteiger partial charge on any atom is -0.361 e. The summed E-state index contributed by atoms with van der Waals surface area (Å²) in [5.41, 5.74) is 2.43. The molecule has 0 fully saturated rings. The molecule has 4 rings (SSSR count). The molecule has 0 radical (unpaired) electrons. The Labute approximate surface area is 149 Å². The maximum absolute atomic E-state index is 12.8. The average Bonchev–Trinajstić information content (AvgIpc) is 3.21. The Balaban J connectivity index is 1.79. The van der Waals surface area contributed by atoms with Crippen molar-refractivity contribution < 1.29 is 4.79 Å². The summed E-state index contributed by atoms with van der Waals surface area (Å²) in [5.74, 6) is -0.483. The molecule has 0 saturated heterocycles. The largest absolute Gasteiger partial charge is 0.361 e. The number of aromatic amines is 2. The van der Waals surface area contributed by atoms with Crippen LogP contribution in [0.5, 0.6) is 0 Å². The zero-order chi connectivity index (χ0) is 18.5. The van der Waals surface area contributed by atoms with Crippen LogP contribution in [0.3, 0.4) is 0 Å². The predicted molar refractivity (Wildman–Crippen MR) is 101 cm³/mol. The van der Waals surface area contributed by atoms with Gasteiger partial charge in [-0.2, -0.15) is 0 Å². The van der Waals surface area contributed by atoms with Crippen LogP contribution in [0.2, 0.25) is 0 Å². The fraction of sp³-hybridized carbons (Fsp3) is 0.211. The van der Waals surface area contributed by atoms with Gasteiger partial charge in [0, 0.05) is 35.9 Å². The molecule has 0 aliphatic carbocycles. The molecule has 132 valence electrons. The Morgan fingerprint density at radius 2 is 2.00 bits per heavy atom. The van der Waals surface area contributed by atoms with Crippen molar-refractivity contribution in [2.75, 3.05) is 5.32 Å². The Morgan fingerprint density at radius 3 is 2.77 bits per heavy atom. The second-order valence-electron chi connectivity index (χ2n) is 7.30. The van der Waals surface area contributed by atoms with E-state index in [0.717, 1.165) is 16.5 Å². The molecule has 0 saturated carbocycles. The monoisotopic (exact) mass is 349 g/mol. The number of aromatic nitrogens is 4. The molecule has 0 unspecified atom stereocenters. The minimum absolute atomic E-state index is 0.0172. The van der Waals surface area contributed by atoms with Crippen LogP contribution in [0.15, 0.2) is 47.7 Å². The van der Waals surface area contributed by atoms with E-state index in [1.54, 1.807) is 12.3 Å². The van der Waals surface area contributed by atoms with Crippen LogP contribution in [0, 0.1) is 0 Å². The van der Waals surface area contributed by atoms with Gasteiger partial charge in [-0.05, 0) is 34.6 Å². The lowest BCUT2D eigenvalue weighted by Gasteiger charge is -2.23. The number of H-pyrrole nitrogens is 2. The van der Waals surface area contributed by atoms with E-state index in [4.69, 9.17) is 0 Å². The number of hydrogen-bond donors (Lipinski definition) is 3. The highest BCUT2D eigenvalue weighted by atomic mass is 16.2. The third-order valence-electron chi connectivity index (χ3n) is 4.42. The Hall–Kier alpha value is -3.35. The highest BCUT2D eigenvalue weighted by Gasteiger charge is 2.22. The zero-order valence-corrected chi connectivity index (χ0v) is 14.8. The van der Waals surface area contributed by atoms with Crippen molar-refractivity contribution in [3.63, 3.8) is 0 Å². The summed E-state index contributed by atoms with van der Waals surface area (Å²) < 4.78 is 1.24. The molecule has 0 bridgehead atoms. The van der Waals surface area contributed by atoms with Crippen LogP contribution in [0.1, 0.15) is 36.7 Å². The molecule has 1 aromatic carbocycles. The third-order valence-corrected chi connectivity index (χ3v) is 4.42. The Morgan fingerprint density at radius 1 is 1.19 bits per heavy atom. The number of nitrogens with zero attached hydrogens (tertiary/aromatic N) is 2. The van der Waals surface area contributed by atoms with Gasteiger partial charge in [-0.15, -0.1) is 0 Å². The van der Waals surface area contributed by atoms with Gasteiger partial charge in [0.15, 0.2) is 5.65 Å². The number of hydrogen-bond acceptors (Lipinski definition) is 3. The van der Waals surface area contributed by atoms with E-state index in [2.05, 4.69) is 47.2 Å². The van der Waals surface area contributed by atoms with Gasteiger partial charge >= 0.3 is 0 Å². The first-order valence-electron chi connectivity index (χ1n) is 8.33. The van der Waals surface area contributed by atoms with Gasteiger partial charge in [-0.1, -0.05) is 20.8 Å². The van der Waals surface area contributed by atoms with Crippen LogP contribution >= 0.6 is 0 Å². The minimum atomic E-state index is -0.483. The van der Waals surface area contributed by atoms with Gasteiger partial charge in [0.1, 0.15) is 5.56 Å². The Bertz CT molecular complexity index is 1190. The summed E-state index contributed by atoms with van der Waals surface area (Å²) in [5, 5.41) is 6.72. The summed E-state index contributed by atoms with van der Waals surface area (Å²) in [6, 6.07) is 7.61. The van der Waals surface area contributed by atoms with E-state index in [1.807, 2.05) is 18.3 Å². The van der Waals surface area contributed by atoms with Crippen LogP contribution in [0.4, 0.5) is 5.69 Å². The quantitative estimate of drug-likeness (QED) is 0.519. The SMILES string of the molecule is CC(C)(C)c1cc2cc[nH]c2cc1NC(=O)c1cnc2cc[nH]n2c1=O. The second-order valence-corrected chi connectivity index (χ2v) is 7.30. The van der Waals surface area contributed by atoms with E-state index < -0.39 is 11.5 Å². The normalized spacial score (nSPS) is 12.0. The fourth-order valence-electron chi connectivity index (χ4n) is 3.07. The molecule has 26 heavy (non-hydrogen) atoms. The van der Waals surface area contributed by atoms with Crippen molar-refractivity contribution in [1.82, 2.24) is 19.6 Å². The molecule has 3 N–H and O–H groups in total. The maximum Gasteiger partial charge on any atom is 0.285 e. The zero-order valence-electron chi connectivity index (χ0n) is 14.8.